The first-order chi connectivity index (χ1) is 25.8. The van der Waals surface area contributed by atoms with Gasteiger partial charge in [0.15, 0.2) is 5.82 Å². The Morgan fingerprint density at radius 1 is 0.462 bits per heavy atom. The number of allylic oxidation sites excluding steroid dienone is 8. The lowest BCUT2D eigenvalue weighted by Crippen LogP contribution is -1.99. The number of rotatable bonds is 6. The van der Waals surface area contributed by atoms with E-state index in [1.54, 1.807) is 0 Å². The Morgan fingerprint density at radius 3 is 1.92 bits per heavy atom. The second-order valence-electron chi connectivity index (χ2n) is 13.6. The molecule has 0 saturated heterocycles. The summed E-state index contributed by atoms with van der Waals surface area (Å²) in [6.45, 7) is 0. The molecule has 0 amide bonds. The molecule has 3 heterocycles. The van der Waals surface area contributed by atoms with Gasteiger partial charge in [0, 0.05) is 44.9 Å². The Bertz CT molecular complexity index is 2750. The molecular formula is C48H36N4. The lowest BCUT2D eigenvalue weighted by atomic mass is 9.99. The maximum absolute atomic E-state index is 5.10. The molecule has 0 atom stereocenters. The predicted octanol–water partition coefficient (Wildman–Crippen LogP) is 12.3. The summed E-state index contributed by atoms with van der Waals surface area (Å²) < 4.78 is 4.72. The first kappa shape index (κ1) is 30.3. The van der Waals surface area contributed by atoms with Gasteiger partial charge in [-0.15, -0.1) is 0 Å². The van der Waals surface area contributed by atoms with Crippen LogP contribution in [-0.4, -0.2) is 19.1 Å². The molecule has 248 valence electrons. The summed E-state index contributed by atoms with van der Waals surface area (Å²) in [5, 5.41) is 3.71. The van der Waals surface area contributed by atoms with Gasteiger partial charge < -0.3 is 9.13 Å². The van der Waals surface area contributed by atoms with Gasteiger partial charge in [0.2, 0.25) is 0 Å². The van der Waals surface area contributed by atoms with Crippen molar-refractivity contribution in [1.82, 2.24) is 19.1 Å². The molecule has 3 aromatic heterocycles. The van der Waals surface area contributed by atoms with Gasteiger partial charge in [-0.3, -0.25) is 0 Å². The third-order valence-electron chi connectivity index (χ3n) is 10.4. The molecule has 0 fully saturated rings. The average Bonchev–Trinajstić information content (AvgIpc) is 3.82. The molecule has 0 N–H and O–H groups in total. The summed E-state index contributed by atoms with van der Waals surface area (Å²) >= 11 is 0. The number of fused-ring (bicyclic) bond motifs is 5. The van der Waals surface area contributed by atoms with Crippen LogP contribution in [0.1, 0.15) is 36.9 Å². The molecule has 4 nitrogen and oxygen atoms in total. The number of para-hydroxylation sites is 1. The molecule has 0 radical (unpaired) electrons. The molecule has 8 aromatic rings. The SMILES string of the molecule is C1=CC(c2ccc(-n3ccc4c3ccc3c5ccccc5n(-c5ccc(-c6nc(C7=CCCC=C7)cc(-c7ccccc7)n6)cc5)c34)cc2)=CCC1. The fourth-order valence-corrected chi connectivity index (χ4v) is 7.86. The van der Waals surface area contributed by atoms with Crippen molar-refractivity contribution in [2.24, 2.45) is 0 Å². The Kier molecular flexibility index (Phi) is 7.38. The maximum Gasteiger partial charge on any atom is 0.160 e. The van der Waals surface area contributed by atoms with Crippen molar-refractivity contribution in [3.63, 3.8) is 0 Å². The number of nitrogens with zero attached hydrogens (tertiary/aromatic N) is 4. The maximum atomic E-state index is 5.10. The van der Waals surface area contributed by atoms with Crippen molar-refractivity contribution in [2.75, 3.05) is 0 Å². The van der Waals surface area contributed by atoms with Gasteiger partial charge in [-0.25, -0.2) is 9.97 Å². The molecule has 0 bridgehead atoms. The van der Waals surface area contributed by atoms with Crippen LogP contribution in [0.15, 0.2) is 170 Å². The van der Waals surface area contributed by atoms with Gasteiger partial charge in [0.05, 0.1) is 27.9 Å². The zero-order valence-electron chi connectivity index (χ0n) is 28.8. The van der Waals surface area contributed by atoms with E-state index in [1.165, 1.54) is 43.8 Å². The van der Waals surface area contributed by atoms with Crippen molar-refractivity contribution in [1.29, 1.82) is 0 Å². The fourth-order valence-electron chi connectivity index (χ4n) is 7.86. The van der Waals surface area contributed by atoms with Gasteiger partial charge in [-0.2, -0.15) is 0 Å². The van der Waals surface area contributed by atoms with Crippen LogP contribution in [0.3, 0.4) is 0 Å². The van der Waals surface area contributed by atoms with Gasteiger partial charge >= 0.3 is 0 Å². The van der Waals surface area contributed by atoms with Crippen LogP contribution in [0.25, 0.3) is 77.9 Å². The number of hydrogen-bond donors (Lipinski definition) is 0. The van der Waals surface area contributed by atoms with E-state index < -0.39 is 0 Å². The highest BCUT2D eigenvalue weighted by Crippen LogP contribution is 2.38. The van der Waals surface area contributed by atoms with Crippen LogP contribution in [0.5, 0.6) is 0 Å². The van der Waals surface area contributed by atoms with E-state index in [9.17, 15) is 0 Å². The highest BCUT2D eigenvalue weighted by Gasteiger charge is 2.18. The van der Waals surface area contributed by atoms with Crippen LogP contribution in [0, 0.1) is 0 Å². The molecule has 4 heteroatoms. The van der Waals surface area contributed by atoms with Crippen LogP contribution in [-0.2, 0) is 0 Å². The Balaban J connectivity index is 1.08. The fraction of sp³-hybridized carbons (Fsp3) is 0.0833. The van der Waals surface area contributed by atoms with Crippen molar-refractivity contribution in [3.05, 3.63) is 181 Å². The summed E-state index contributed by atoms with van der Waals surface area (Å²) in [5.74, 6) is 0.728. The topological polar surface area (TPSA) is 35.6 Å². The van der Waals surface area contributed by atoms with Crippen molar-refractivity contribution >= 4 is 43.9 Å². The largest absolute Gasteiger partial charge is 0.316 e. The first-order valence-electron chi connectivity index (χ1n) is 18.2. The Labute approximate surface area is 303 Å². The Hall–Kier alpha value is -6.52. The molecule has 5 aromatic carbocycles. The summed E-state index contributed by atoms with van der Waals surface area (Å²) in [6, 6.07) is 45.7. The predicted molar refractivity (Wildman–Crippen MR) is 217 cm³/mol. The van der Waals surface area contributed by atoms with Crippen LogP contribution >= 0.6 is 0 Å². The second-order valence-corrected chi connectivity index (χ2v) is 13.6. The van der Waals surface area contributed by atoms with E-state index in [4.69, 9.17) is 9.97 Å². The van der Waals surface area contributed by atoms with Crippen molar-refractivity contribution < 1.29 is 0 Å². The standard InChI is InChI=1S/C48H36N4/c1-4-12-33(13-5-1)34-20-24-38(25-21-34)51-31-30-42-45(51)29-28-41-40-18-10-11-19-46(40)52(47(41)42)39-26-22-37(23-27-39)48-49-43(35-14-6-2-7-15-35)32-44(50-48)36-16-8-3-9-17-36/h2,4,6-8,10-32H,1,3,5,9H2. The number of hydrogen-bond acceptors (Lipinski definition) is 2. The summed E-state index contributed by atoms with van der Waals surface area (Å²) in [4.78, 5) is 10.2. The molecule has 52 heavy (non-hydrogen) atoms. The van der Waals surface area contributed by atoms with Crippen LogP contribution < -0.4 is 0 Å². The van der Waals surface area contributed by atoms with Crippen LogP contribution in [0.2, 0.25) is 0 Å². The van der Waals surface area contributed by atoms with E-state index in [0.717, 1.165) is 71.0 Å². The smallest absolute Gasteiger partial charge is 0.160 e. The average molecular weight is 669 g/mol. The Morgan fingerprint density at radius 2 is 1.15 bits per heavy atom. The van der Waals surface area contributed by atoms with E-state index >= 15 is 0 Å². The number of aromatic nitrogens is 4. The quantitative estimate of drug-likeness (QED) is 0.177. The molecule has 0 aliphatic heterocycles. The van der Waals surface area contributed by atoms with Gasteiger partial charge in [-0.05, 0) is 103 Å². The minimum absolute atomic E-state index is 0.728. The normalized spacial score (nSPS) is 14.3. The van der Waals surface area contributed by atoms with Gasteiger partial charge in [0.1, 0.15) is 0 Å². The van der Waals surface area contributed by atoms with E-state index in [-0.39, 0.29) is 0 Å². The highest BCUT2D eigenvalue weighted by molar-refractivity contribution is 6.18. The first-order valence-corrected chi connectivity index (χ1v) is 18.2. The molecule has 2 aliphatic carbocycles. The lowest BCUT2D eigenvalue weighted by Gasteiger charge is -2.13. The van der Waals surface area contributed by atoms with E-state index in [0.29, 0.717) is 0 Å². The molecule has 0 unspecified atom stereocenters. The van der Waals surface area contributed by atoms with Crippen molar-refractivity contribution in [2.45, 2.75) is 25.7 Å². The zero-order chi connectivity index (χ0) is 34.4. The third-order valence-corrected chi connectivity index (χ3v) is 10.4. The molecule has 0 saturated carbocycles. The minimum atomic E-state index is 0.728. The number of benzene rings is 5. The molecule has 2 aliphatic rings. The van der Waals surface area contributed by atoms with Gasteiger partial charge in [0.25, 0.3) is 0 Å². The van der Waals surface area contributed by atoms with Gasteiger partial charge in [-0.1, -0.05) is 103 Å². The molecular weight excluding hydrogens is 633 g/mol. The summed E-state index contributed by atoms with van der Waals surface area (Å²) in [7, 11) is 0. The van der Waals surface area contributed by atoms with Crippen LogP contribution in [0.4, 0.5) is 0 Å². The summed E-state index contributed by atoms with van der Waals surface area (Å²) in [5.41, 5.74) is 13.5. The van der Waals surface area contributed by atoms with E-state index in [2.05, 4.69) is 173 Å². The zero-order valence-corrected chi connectivity index (χ0v) is 28.8. The lowest BCUT2D eigenvalue weighted by molar-refractivity contribution is 1.03. The highest BCUT2D eigenvalue weighted by atomic mass is 15.0. The monoisotopic (exact) mass is 668 g/mol. The third kappa shape index (κ3) is 5.23. The molecule has 10 rings (SSSR count). The summed E-state index contributed by atoms with van der Waals surface area (Å²) in [6.07, 6.45) is 20.1. The van der Waals surface area contributed by atoms with Crippen molar-refractivity contribution in [3.8, 4) is 34.0 Å². The minimum Gasteiger partial charge on any atom is -0.316 e. The van der Waals surface area contributed by atoms with E-state index in [1.807, 2.05) is 6.07 Å². The second kappa shape index (κ2) is 12.7. The molecule has 0 spiro atoms.